The molecule has 0 heterocycles. The van der Waals surface area contributed by atoms with Gasteiger partial charge in [-0.05, 0) is 11.1 Å². The van der Waals surface area contributed by atoms with Crippen LogP contribution in [-0.4, -0.2) is 16.2 Å². The molecule has 14 heavy (non-hydrogen) atoms. The van der Waals surface area contributed by atoms with Crippen molar-refractivity contribution in [3.8, 4) is 0 Å². The summed E-state index contributed by atoms with van der Waals surface area (Å²) in [4.78, 5) is 10.5. The highest BCUT2D eigenvalue weighted by Gasteiger charge is 2.13. The van der Waals surface area contributed by atoms with E-state index in [-0.39, 0.29) is 19.0 Å². The van der Waals surface area contributed by atoms with Crippen molar-refractivity contribution in [1.82, 2.24) is 0 Å². The molecule has 0 radical (unpaired) electrons. The van der Waals surface area contributed by atoms with Gasteiger partial charge >= 0.3 is 5.97 Å². The van der Waals surface area contributed by atoms with E-state index in [0.29, 0.717) is 5.56 Å². The lowest BCUT2D eigenvalue weighted by atomic mass is 10.1. The Morgan fingerprint density at radius 2 is 1.86 bits per heavy atom. The first-order valence-electron chi connectivity index (χ1n) is 3.83. The van der Waals surface area contributed by atoms with Gasteiger partial charge in [0.05, 0.1) is 6.61 Å². The van der Waals surface area contributed by atoms with Gasteiger partial charge in [0.15, 0.2) is 0 Å². The van der Waals surface area contributed by atoms with E-state index >= 15 is 0 Å². The highest BCUT2D eigenvalue weighted by molar-refractivity contribution is 5.85. The van der Waals surface area contributed by atoms with Gasteiger partial charge in [-0.1, -0.05) is 24.3 Å². The largest absolute Gasteiger partial charge is 0.480 e. The Morgan fingerprint density at radius 3 is 2.21 bits per heavy atom. The van der Waals surface area contributed by atoms with Gasteiger partial charge in [0.2, 0.25) is 0 Å². The molecule has 0 aliphatic rings. The molecule has 1 aromatic carbocycles. The molecule has 4 nitrogen and oxygen atoms in total. The van der Waals surface area contributed by atoms with Crippen LogP contribution in [0.5, 0.6) is 0 Å². The summed E-state index contributed by atoms with van der Waals surface area (Å²) >= 11 is 0. The minimum absolute atomic E-state index is 0. The van der Waals surface area contributed by atoms with Gasteiger partial charge in [0, 0.05) is 0 Å². The average Bonchev–Trinajstić information content (AvgIpc) is 2.17. The lowest BCUT2D eigenvalue weighted by molar-refractivity contribution is -0.138. The normalized spacial score (nSPS) is 11.6. The first-order chi connectivity index (χ1) is 6.15. The Bertz CT molecular complexity index is 299. The van der Waals surface area contributed by atoms with Crippen molar-refractivity contribution in [2.24, 2.45) is 5.73 Å². The third-order valence-corrected chi connectivity index (χ3v) is 1.79. The number of aliphatic hydroxyl groups is 1. The minimum atomic E-state index is -1.06. The Morgan fingerprint density at radius 1 is 1.36 bits per heavy atom. The van der Waals surface area contributed by atoms with Gasteiger partial charge < -0.3 is 15.9 Å². The molecule has 0 spiro atoms. The number of hydrogen-bond acceptors (Lipinski definition) is 3. The highest BCUT2D eigenvalue weighted by atomic mass is 35.5. The van der Waals surface area contributed by atoms with E-state index in [0.717, 1.165) is 5.56 Å². The molecule has 0 aromatic heterocycles. The number of halogens is 1. The van der Waals surface area contributed by atoms with Crippen LogP contribution in [0.1, 0.15) is 17.2 Å². The Hall–Kier alpha value is -1.10. The Balaban J connectivity index is 0.00000169. The number of hydrogen-bond donors (Lipinski definition) is 3. The second kappa shape index (κ2) is 5.59. The van der Waals surface area contributed by atoms with E-state index in [4.69, 9.17) is 15.9 Å². The maximum absolute atomic E-state index is 10.5. The van der Waals surface area contributed by atoms with Crippen molar-refractivity contribution in [3.05, 3.63) is 35.4 Å². The molecule has 78 valence electrons. The SMILES string of the molecule is Cl.N[C@H](C(=O)O)c1ccc(CO)cc1. The van der Waals surface area contributed by atoms with Crippen LogP contribution in [0.25, 0.3) is 0 Å². The third-order valence-electron chi connectivity index (χ3n) is 1.79. The van der Waals surface area contributed by atoms with E-state index in [1.165, 1.54) is 0 Å². The van der Waals surface area contributed by atoms with Gasteiger partial charge in [0.1, 0.15) is 6.04 Å². The van der Waals surface area contributed by atoms with Crippen LogP contribution in [0.3, 0.4) is 0 Å². The van der Waals surface area contributed by atoms with E-state index in [1.54, 1.807) is 24.3 Å². The summed E-state index contributed by atoms with van der Waals surface area (Å²) in [5, 5.41) is 17.3. The Kier molecular flexibility index (Phi) is 5.15. The van der Waals surface area contributed by atoms with Crippen LogP contribution in [0, 0.1) is 0 Å². The summed E-state index contributed by atoms with van der Waals surface area (Å²) in [6.07, 6.45) is 0. The molecule has 0 saturated heterocycles. The molecule has 0 fully saturated rings. The predicted octanol–water partition coefficient (Wildman–Crippen LogP) is 0.685. The number of carboxylic acids is 1. The molecule has 4 N–H and O–H groups in total. The minimum Gasteiger partial charge on any atom is -0.480 e. The molecule has 1 rings (SSSR count). The maximum Gasteiger partial charge on any atom is 0.325 e. The lowest BCUT2D eigenvalue weighted by Crippen LogP contribution is -2.20. The quantitative estimate of drug-likeness (QED) is 0.696. The summed E-state index contributed by atoms with van der Waals surface area (Å²) in [5.74, 6) is -1.06. The van der Waals surface area contributed by atoms with E-state index in [2.05, 4.69) is 0 Å². The van der Waals surface area contributed by atoms with Gasteiger partial charge in [-0.15, -0.1) is 12.4 Å². The number of aliphatic carboxylic acids is 1. The first kappa shape index (κ1) is 12.9. The van der Waals surface area contributed by atoms with Gasteiger partial charge in [-0.3, -0.25) is 4.79 Å². The number of benzene rings is 1. The van der Waals surface area contributed by atoms with Crippen LogP contribution >= 0.6 is 12.4 Å². The molecule has 5 heteroatoms. The van der Waals surface area contributed by atoms with Crippen LogP contribution in [0.4, 0.5) is 0 Å². The van der Waals surface area contributed by atoms with Crippen molar-refractivity contribution in [1.29, 1.82) is 0 Å². The highest BCUT2D eigenvalue weighted by Crippen LogP contribution is 2.11. The lowest BCUT2D eigenvalue weighted by Gasteiger charge is -2.06. The van der Waals surface area contributed by atoms with Gasteiger partial charge in [-0.25, -0.2) is 0 Å². The monoisotopic (exact) mass is 217 g/mol. The van der Waals surface area contributed by atoms with Crippen LogP contribution in [-0.2, 0) is 11.4 Å². The van der Waals surface area contributed by atoms with Crippen LogP contribution < -0.4 is 5.73 Å². The van der Waals surface area contributed by atoms with Crippen LogP contribution in [0.15, 0.2) is 24.3 Å². The molecule has 0 amide bonds. The fraction of sp³-hybridized carbons (Fsp3) is 0.222. The molecule has 1 aromatic rings. The number of nitrogens with two attached hydrogens (primary N) is 1. The summed E-state index contributed by atoms with van der Waals surface area (Å²) in [7, 11) is 0. The molecule has 0 aliphatic heterocycles. The molecule has 0 saturated carbocycles. The maximum atomic E-state index is 10.5. The Labute approximate surface area is 87.8 Å². The molecular weight excluding hydrogens is 206 g/mol. The van der Waals surface area contributed by atoms with E-state index in [9.17, 15) is 4.79 Å². The zero-order valence-corrected chi connectivity index (χ0v) is 8.20. The summed E-state index contributed by atoms with van der Waals surface area (Å²) in [6, 6.07) is 5.51. The number of aliphatic hydroxyl groups excluding tert-OH is 1. The smallest absolute Gasteiger partial charge is 0.325 e. The molecule has 0 bridgehead atoms. The van der Waals surface area contributed by atoms with Crippen molar-refractivity contribution in [2.45, 2.75) is 12.6 Å². The second-order valence-electron chi connectivity index (χ2n) is 2.72. The topological polar surface area (TPSA) is 83.6 Å². The van der Waals surface area contributed by atoms with Gasteiger partial charge in [-0.2, -0.15) is 0 Å². The zero-order chi connectivity index (χ0) is 9.84. The first-order valence-corrected chi connectivity index (χ1v) is 3.83. The molecule has 0 unspecified atom stereocenters. The average molecular weight is 218 g/mol. The third kappa shape index (κ3) is 2.99. The van der Waals surface area contributed by atoms with E-state index in [1.807, 2.05) is 0 Å². The van der Waals surface area contributed by atoms with Crippen LogP contribution in [0.2, 0.25) is 0 Å². The van der Waals surface area contributed by atoms with Crippen molar-refractivity contribution in [3.63, 3.8) is 0 Å². The predicted molar refractivity (Wildman–Crippen MR) is 54.2 cm³/mol. The second-order valence-corrected chi connectivity index (χ2v) is 2.72. The number of carboxylic acid groups (broad SMARTS) is 1. The number of rotatable bonds is 3. The van der Waals surface area contributed by atoms with Crippen molar-refractivity contribution < 1.29 is 15.0 Å². The molecular formula is C9H12ClNO3. The summed E-state index contributed by atoms with van der Waals surface area (Å²) in [5.41, 5.74) is 6.64. The fourth-order valence-corrected chi connectivity index (χ4v) is 0.973. The van der Waals surface area contributed by atoms with Crippen molar-refractivity contribution >= 4 is 18.4 Å². The molecule has 0 aliphatic carbocycles. The summed E-state index contributed by atoms with van der Waals surface area (Å²) < 4.78 is 0. The summed E-state index contributed by atoms with van der Waals surface area (Å²) in [6.45, 7) is -0.0530. The zero-order valence-electron chi connectivity index (χ0n) is 7.38. The fourth-order valence-electron chi connectivity index (χ4n) is 0.973. The standard InChI is InChI=1S/C9H11NO3.ClH/c10-8(9(12)13)7-3-1-6(5-11)2-4-7;/h1-4,8,11H,5,10H2,(H,12,13);1H/t8-;/m0./s1. The molecule has 1 atom stereocenters. The van der Waals surface area contributed by atoms with Gasteiger partial charge in [0.25, 0.3) is 0 Å². The van der Waals surface area contributed by atoms with Crippen molar-refractivity contribution in [2.75, 3.05) is 0 Å². The van der Waals surface area contributed by atoms with E-state index < -0.39 is 12.0 Å². The number of carbonyl (C=O) groups is 1.